The molecule has 2 aromatic heterocycles. The molecule has 138 valence electrons. The summed E-state index contributed by atoms with van der Waals surface area (Å²) >= 11 is 0. The predicted octanol–water partition coefficient (Wildman–Crippen LogP) is 0.710. The second-order valence-corrected chi connectivity index (χ2v) is 8.22. The average Bonchev–Trinajstić information content (AvgIpc) is 3.21. The highest BCUT2D eigenvalue weighted by molar-refractivity contribution is 7.89. The van der Waals surface area contributed by atoms with Crippen molar-refractivity contribution in [1.82, 2.24) is 28.7 Å². The van der Waals surface area contributed by atoms with Gasteiger partial charge in [0.1, 0.15) is 11.6 Å². The highest BCUT2D eigenvalue weighted by atomic mass is 35.5. The fourth-order valence-corrected chi connectivity index (χ4v) is 5.08. The molecule has 0 bridgehead atoms. The molecule has 2 aliphatic heterocycles. The van der Waals surface area contributed by atoms with Crippen LogP contribution in [-0.2, 0) is 30.0 Å². The molecule has 4 heterocycles. The van der Waals surface area contributed by atoms with Gasteiger partial charge in [-0.3, -0.25) is 0 Å². The Labute approximate surface area is 153 Å². The number of aromatic nitrogens is 4. The van der Waals surface area contributed by atoms with Crippen LogP contribution in [0.5, 0.6) is 0 Å². The number of halogens is 1. The van der Waals surface area contributed by atoms with E-state index in [1.165, 1.54) is 0 Å². The first-order valence-electron chi connectivity index (χ1n) is 8.33. The Bertz CT molecular complexity index is 823. The average molecular weight is 387 g/mol. The maximum atomic E-state index is 13.2. The van der Waals surface area contributed by atoms with Gasteiger partial charge < -0.3 is 14.5 Å². The largest absolute Gasteiger partial charge is 0.337 e. The molecule has 1 unspecified atom stereocenters. The third kappa shape index (κ3) is 3.21. The zero-order valence-electron chi connectivity index (χ0n) is 14.1. The molecule has 1 saturated heterocycles. The van der Waals surface area contributed by atoms with E-state index in [9.17, 15) is 8.42 Å². The molecule has 1 atom stereocenters. The van der Waals surface area contributed by atoms with Crippen LogP contribution in [0.3, 0.4) is 0 Å². The topological polar surface area (TPSA) is 85.0 Å². The highest BCUT2D eigenvalue weighted by Gasteiger charge is 2.38. The van der Waals surface area contributed by atoms with Gasteiger partial charge in [0.25, 0.3) is 10.0 Å². The van der Waals surface area contributed by atoms with E-state index in [2.05, 4.69) is 15.3 Å². The number of hydrogen-bond acceptors (Lipinski definition) is 5. The van der Waals surface area contributed by atoms with Crippen LogP contribution in [0.2, 0.25) is 0 Å². The summed E-state index contributed by atoms with van der Waals surface area (Å²) in [6, 6.07) is -0.317. The number of sulfonamides is 1. The number of imidazole rings is 2. The standard InChI is InChI=1S/C15H22N6O2S.ClH/c1-19-8-6-17-15(19)12-10-16-5-9-21(12)24(22,23)14-11-20-7-3-2-4-13(20)18-14;/h6,8,11-12,16H,2-5,7,9-10H2,1H3;1H. The fourth-order valence-electron chi connectivity index (χ4n) is 3.52. The van der Waals surface area contributed by atoms with Gasteiger partial charge >= 0.3 is 0 Å². The van der Waals surface area contributed by atoms with E-state index >= 15 is 0 Å². The summed E-state index contributed by atoms with van der Waals surface area (Å²) in [5, 5.41) is 3.43. The zero-order valence-corrected chi connectivity index (χ0v) is 15.8. The SMILES string of the molecule is Cl.Cn1ccnc1C1CNCCN1S(=O)(=O)c1cn2c(n1)CCCC2. The van der Waals surface area contributed by atoms with Crippen LogP contribution in [0, 0.1) is 0 Å². The van der Waals surface area contributed by atoms with Crippen molar-refractivity contribution in [1.29, 1.82) is 0 Å². The van der Waals surface area contributed by atoms with Gasteiger partial charge in [-0.1, -0.05) is 0 Å². The summed E-state index contributed by atoms with van der Waals surface area (Å²) in [5.41, 5.74) is 0. The van der Waals surface area contributed by atoms with Crippen molar-refractivity contribution in [3.8, 4) is 0 Å². The Morgan fingerprint density at radius 2 is 2.12 bits per heavy atom. The molecule has 4 rings (SSSR count). The Morgan fingerprint density at radius 1 is 1.28 bits per heavy atom. The molecular weight excluding hydrogens is 364 g/mol. The van der Waals surface area contributed by atoms with Crippen LogP contribution in [0.15, 0.2) is 23.6 Å². The molecule has 2 aliphatic rings. The molecule has 8 nitrogen and oxygen atoms in total. The molecule has 10 heteroatoms. The number of piperazine rings is 1. The number of rotatable bonds is 3. The summed E-state index contributed by atoms with van der Waals surface area (Å²) in [4.78, 5) is 8.77. The van der Waals surface area contributed by atoms with Crippen molar-refractivity contribution in [2.24, 2.45) is 7.05 Å². The monoisotopic (exact) mass is 386 g/mol. The van der Waals surface area contributed by atoms with Gasteiger partial charge in [0.2, 0.25) is 0 Å². The van der Waals surface area contributed by atoms with Crippen LogP contribution in [0.25, 0.3) is 0 Å². The molecule has 1 fully saturated rings. The van der Waals surface area contributed by atoms with Crippen molar-refractivity contribution in [2.45, 2.75) is 36.9 Å². The second-order valence-electron chi connectivity index (χ2n) is 6.38. The number of hydrogen-bond donors (Lipinski definition) is 1. The molecule has 0 radical (unpaired) electrons. The maximum absolute atomic E-state index is 13.2. The normalized spacial score (nSPS) is 21.6. The third-order valence-electron chi connectivity index (χ3n) is 4.81. The lowest BCUT2D eigenvalue weighted by Gasteiger charge is -2.34. The molecular formula is C15H23ClN6O2S. The maximum Gasteiger partial charge on any atom is 0.262 e. The molecule has 0 amide bonds. The number of nitrogens with one attached hydrogen (secondary N) is 1. The summed E-state index contributed by atoms with van der Waals surface area (Å²) in [7, 11) is -1.75. The minimum Gasteiger partial charge on any atom is -0.337 e. The fraction of sp³-hybridized carbons (Fsp3) is 0.600. The Morgan fingerprint density at radius 3 is 2.84 bits per heavy atom. The summed E-state index contributed by atoms with van der Waals surface area (Å²) in [6.45, 7) is 2.45. The molecule has 0 aromatic carbocycles. The molecule has 0 saturated carbocycles. The minimum absolute atomic E-state index is 0. The lowest BCUT2D eigenvalue weighted by Crippen LogP contribution is -2.49. The van der Waals surface area contributed by atoms with Gasteiger partial charge in [0.05, 0.1) is 6.04 Å². The first kappa shape index (κ1) is 18.4. The highest BCUT2D eigenvalue weighted by Crippen LogP contribution is 2.28. The molecule has 25 heavy (non-hydrogen) atoms. The molecule has 0 spiro atoms. The van der Waals surface area contributed by atoms with E-state index in [1.807, 2.05) is 22.4 Å². The van der Waals surface area contributed by atoms with Gasteiger partial charge in [-0.15, -0.1) is 12.4 Å². The summed E-state index contributed by atoms with van der Waals surface area (Å²) < 4.78 is 31.8. The first-order chi connectivity index (χ1) is 11.6. The number of aryl methyl sites for hydroxylation is 3. The van der Waals surface area contributed by atoms with Crippen molar-refractivity contribution >= 4 is 22.4 Å². The van der Waals surface area contributed by atoms with Gasteiger partial charge in [-0.2, -0.15) is 4.31 Å². The van der Waals surface area contributed by atoms with Crippen LogP contribution >= 0.6 is 12.4 Å². The van der Waals surface area contributed by atoms with Gasteiger partial charge in [-0.05, 0) is 12.8 Å². The lowest BCUT2D eigenvalue weighted by molar-refractivity contribution is 0.257. The summed E-state index contributed by atoms with van der Waals surface area (Å²) in [6.07, 6.45) is 8.22. The Balaban J connectivity index is 0.00000182. The van der Waals surface area contributed by atoms with Crippen molar-refractivity contribution in [2.75, 3.05) is 19.6 Å². The zero-order chi connectivity index (χ0) is 16.7. The Hall–Kier alpha value is -1.42. The van der Waals surface area contributed by atoms with Crippen LogP contribution in [-0.4, -0.2) is 51.5 Å². The molecule has 0 aliphatic carbocycles. The van der Waals surface area contributed by atoms with E-state index < -0.39 is 10.0 Å². The molecule has 2 aromatic rings. The minimum atomic E-state index is -3.64. The predicted molar refractivity (Wildman–Crippen MR) is 95.1 cm³/mol. The van der Waals surface area contributed by atoms with Crippen LogP contribution in [0.1, 0.15) is 30.5 Å². The van der Waals surface area contributed by atoms with Gasteiger partial charge in [0.15, 0.2) is 5.03 Å². The third-order valence-corrected chi connectivity index (χ3v) is 6.59. The summed E-state index contributed by atoms with van der Waals surface area (Å²) in [5.74, 6) is 1.62. The van der Waals surface area contributed by atoms with E-state index in [1.54, 1.807) is 16.7 Å². The van der Waals surface area contributed by atoms with Crippen LogP contribution < -0.4 is 5.32 Å². The quantitative estimate of drug-likeness (QED) is 0.839. The van der Waals surface area contributed by atoms with E-state index in [0.717, 1.165) is 37.5 Å². The number of fused-ring (bicyclic) bond motifs is 1. The molecule has 1 N–H and O–H groups in total. The first-order valence-corrected chi connectivity index (χ1v) is 9.77. The van der Waals surface area contributed by atoms with E-state index in [-0.39, 0.29) is 23.5 Å². The van der Waals surface area contributed by atoms with E-state index in [4.69, 9.17) is 0 Å². The van der Waals surface area contributed by atoms with E-state index in [0.29, 0.717) is 19.6 Å². The van der Waals surface area contributed by atoms with Crippen LogP contribution in [0.4, 0.5) is 0 Å². The smallest absolute Gasteiger partial charge is 0.262 e. The van der Waals surface area contributed by atoms with Crippen molar-refractivity contribution < 1.29 is 8.42 Å². The lowest BCUT2D eigenvalue weighted by atomic mass is 10.2. The van der Waals surface area contributed by atoms with Crippen molar-refractivity contribution in [3.63, 3.8) is 0 Å². The Kier molecular flexibility index (Phi) is 5.19. The van der Waals surface area contributed by atoms with Crippen molar-refractivity contribution in [3.05, 3.63) is 30.2 Å². The van der Waals surface area contributed by atoms with Gasteiger partial charge in [0, 0.05) is 58.2 Å². The van der Waals surface area contributed by atoms with Gasteiger partial charge in [-0.25, -0.2) is 18.4 Å². The second kappa shape index (κ2) is 7.06. The number of nitrogens with zero attached hydrogens (tertiary/aromatic N) is 5.